The highest BCUT2D eigenvalue weighted by Gasteiger charge is 2.15. The lowest BCUT2D eigenvalue weighted by molar-refractivity contribution is 0.0398. The van der Waals surface area contributed by atoms with Crippen molar-refractivity contribution in [1.82, 2.24) is 29.4 Å². The minimum Gasteiger partial charge on any atom is -0.379 e. The Morgan fingerprint density at radius 2 is 1.84 bits per heavy atom. The largest absolute Gasteiger partial charge is 0.379 e. The molecule has 0 unspecified atom stereocenters. The molecule has 2 N–H and O–H groups in total. The number of morpholine rings is 1. The topological polar surface area (TPSA) is 93.0 Å². The van der Waals surface area contributed by atoms with E-state index < -0.39 is 0 Å². The Morgan fingerprint density at radius 1 is 0.969 bits per heavy atom. The summed E-state index contributed by atoms with van der Waals surface area (Å²) in [6.07, 6.45) is 5.40. The third-order valence-corrected chi connectivity index (χ3v) is 5.43. The second kappa shape index (κ2) is 9.71. The van der Waals surface area contributed by atoms with E-state index in [1.807, 2.05) is 53.2 Å². The molecule has 1 aliphatic heterocycles. The number of fused-ring (bicyclic) bond motifs is 1. The number of pyridine rings is 1. The van der Waals surface area contributed by atoms with E-state index in [9.17, 15) is 0 Å². The van der Waals surface area contributed by atoms with Crippen LogP contribution in [0.2, 0.25) is 0 Å². The maximum atomic E-state index is 5.44. The van der Waals surface area contributed by atoms with Gasteiger partial charge in [0.15, 0.2) is 17.0 Å². The number of aromatic nitrogens is 5. The molecule has 0 atom stereocenters. The van der Waals surface area contributed by atoms with Crippen molar-refractivity contribution in [2.75, 3.05) is 50.0 Å². The molecular weight excluding hydrogens is 404 g/mol. The molecular formula is C23H26N8O. The molecule has 1 aliphatic rings. The summed E-state index contributed by atoms with van der Waals surface area (Å²) in [6, 6.07) is 14.0. The van der Waals surface area contributed by atoms with Crippen LogP contribution in [0.3, 0.4) is 0 Å². The third-order valence-electron chi connectivity index (χ3n) is 5.43. The summed E-state index contributed by atoms with van der Waals surface area (Å²) < 4.78 is 7.42. The van der Waals surface area contributed by atoms with Crippen LogP contribution in [-0.4, -0.2) is 68.8 Å². The summed E-state index contributed by atoms with van der Waals surface area (Å²) in [4.78, 5) is 20.7. The number of imidazole rings is 1. The molecule has 1 fully saturated rings. The van der Waals surface area contributed by atoms with E-state index in [0.717, 1.165) is 67.6 Å². The molecule has 1 aromatic carbocycles. The van der Waals surface area contributed by atoms with Crippen LogP contribution in [-0.2, 0) is 11.3 Å². The predicted molar refractivity (Wildman–Crippen MR) is 124 cm³/mol. The summed E-state index contributed by atoms with van der Waals surface area (Å²) in [7, 11) is 0. The summed E-state index contributed by atoms with van der Waals surface area (Å²) in [6.45, 7) is 5.79. The first-order valence-corrected chi connectivity index (χ1v) is 10.8. The standard InChI is InChI=1S/C23H26N8O/c1-2-6-19(7-3-1)31-17-27-20-21(25-9-10-30-11-13-32-14-12-30)28-23(29-22(20)31)26-16-18-5-4-8-24-15-18/h1-8,15,17H,9-14,16H2,(H2,25,26,28,29). The Bertz CT molecular complexity index is 1140. The number of nitrogens with one attached hydrogen (secondary N) is 2. The molecule has 0 radical (unpaired) electrons. The summed E-state index contributed by atoms with van der Waals surface area (Å²) in [5, 5.41) is 6.81. The molecule has 3 aromatic heterocycles. The van der Waals surface area contributed by atoms with E-state index in [4.69, 9.17) is 14.7 Å². The first-order valence-electron chi connectivity index (χ1n) is 10.8. The maximum absolute atomic E-state index is 5.44. The normalized spacial score (nSPS) is 14.5. The lowest BCUT2D eigenvalue weighted by Crippen LogP contribution is -2.39. The van der Waals surface area contributed by atoms with E-state index in [1.54, 1.807) is 12.5 Å². The quantitative estimate of drug-likeness (QED) is 0.441. The van der Waals surface area contributed by atoms with Gasteiger partial charge in [-0.25, -0.2) is 4.98 Å². The molecule has 0 amide bonds. The van der Waals surface area contributed by atoms with Crippen LogP contribution in [0, 0.1) is 0 Å². The van der Waals surface area contributed by atoms with Gasteiger partial charge in [-0.1, -0.05) is 24.3 Å². The van der Waals surface area contributed by atoms with Crippen molar-refractivity contribution in [3.05, 3.63) is 66.7 Å². The Morgan fingerprint density at radius 3 is 2.66 bits per heavy atom. The molecule has 32 heavy (non-hydrogen) atoms. The molecule has 4 aromatic rings. The number of rotatable bonds is 8. The summed E-state index contributed by atoms with van der Waals surface area (Å²) >= 11 is 0. The van der Waals surface area contributed by atoms with Gasteiger partial charge < -0.3 is 15.4 Å². The highest BCUT2D eigenvalue weighted by molar-refractivity contribution is 5.85. The Hall–Kier alpha value is -3.56. The van der Waals surface area contributed by atoms with E-state index >= 15 is 0 Å². The number of benzene rings is 1. The molecule has 1 saturated heterocycles. The Balaban J connectivity index is 1.41. The van der Waals surface area contributed by atoms with Crippen molar-refractivity contribution in [2.24, 2.45) is 0 Å². The van der Waals surface area contributed by atoms with Gasteiger partial charge in [-0.2, -0.15) is 9.97 Å². The predicted octanol–water partition coefficient (Wildman–Crippen LogP) is 2.57. The van der Waals surface area contributed by atoms with Crippen LogP contribution in [0.5, 0.6) is 0 Å². The van der Waals surface area contributed by atoms with Gasteiger partial charge in [0.2, 0.25) is 5.95 Å². The monoisotopic (exact) mass is 430 g/mol. The van der Waals surface area contributed by atoms with Gasteiger partial charge in [-0.15, -0.1) is 0 Å². The number of hydrogen-bond acceptors (Lipinski definition) is 8. The number of nitrogens with zero attached hydrogens (tertiary/aromatic N) is 6. The van der Waals surface area contributed by atoms with Crippen molar-refractivity contribution >= 4 is 22.9 Å². The van der Waals surface area contributed by atoms with Crippen LogP contribution in [0.4, 0.5) is 11.8 Å². The average Bonchev–Trinajstić information content (AvgIpc) is 3.29. The summed E-state index contributed by atoms with van der Waals surface area (Å²) in [5.74, 6) is 1.28. The first kappa shape index (κ1) is 20.3. The van der Waals surface area contributed by atoms with Gasteiger partial charge >= 0.3 is 0 Å². The second-order valence-corrected chi connectivity index (χ2v) is 7.61. The zero-order chi connectivity index (χ0) is 21.6. The van der Waals surface area contributed by atoms with Crippen LogP contribution >= 0.6 is 0 Å². The lowest BCUT2D eigenvalue weighted by Gasteiger charge is -2.26. The Labute approximate surface area is 186 Å². The number of hydrogen-bond donors (Lipinski definition) is 2. The van der Waals surface area contributed by atoms with Crippen molar-refractivity contribution < 1.29 is 4.74 Å². The molecule has 0 saturated carbocycles. The van der Waals surface area contributed by atoms with Crippen LogP contribution in [0.15, 0.2) is 61.2 Å². The van der Waals surface area contributed by atoms with Crippen LogP contribution in [0.25, 0.3) is 16.9 Å². The minimum absolute atomic E-state index is 0.549. The molecule has 9 nitrogen and oxygen atoms in total. The van der Waals surface area contributed by atoms with Crippen molar-refractivity contribution in [1.29, 1.82) is 0 Å². The number of ether oxygens (including phenoxy) is 1. The third kappa shape index (κ3) is 4.68. The maximum Gasteiger partial charge on any atom is 0.227 e. The van der Waals surface area contributed by atoms with Crippen molar-refractivity contribution in [3.8, 4) is 5.69 Å². The molecule has 5 rings (SSSR count). The number of para-hydroxylation sites is 1. The van der Waals surface area contributed by atoms with Gasteiger partial charge in [0.1, 0.15) is 6.33 Å². The van der Waals surface area contributed by atoms with E-state index in [1.165, 1.54) is 0 Å². The molecule has 9 heteroatoms. The molecule has 0 aliphatic carbocycles. The fourth-order valence-corrected chi connectivity index (χ4v) is 3.72. The van der Waals surface area contributed by atoms with Gasteiger partial charge in [0, 0.05) is 50.8 Å². The van der Waals surface area contributed by atoms with E-state index in [-0.39, 0.29) is 0 Å². The van der Waals surface area contributed by atoms with Gasteiger partial charge in [0.25, 0.3) is 0 Å². The Kier molecular flexibility index (Phi) is 6.18. The van der Waals surface area contributed by atoms with Crippen LogP contribution < -0.4 is 10.6 Å². The fraction of sp³-hybridized carbons (Fsp3) is 0.304. The average molecular weight is 431 g/mol. The van der Waals surface area contributed by atoms with E-state index in [0.29, 0.717) is 12.5 Å². The summed E-state index contributed by atoms with van der Waals surface area (Å²) in [5.41, 5.74) is 3.58. The number of anilines is 2. The van der Waals surface area contributed by atoms with Crippen molar-refractivity contribution in [2.45, 2.75) is 6.54 Å². The molecule has 0 bridgehead atoms. The second-order valence-electron chi connectivity index (χ2n) is 7.61. The zero-order valence-electron chi connectivity index (χ0n) is 17.8. The highest BCUT2D eigenvalue weighted by Crippen LogP contribution is 2.23. The van der Waals surface area contributed by atoms with Gasteiger partial charge in [-0.3, -0.25) is 14.5 Å². The molecule has 0 spiro atoms. The van der Waals surface area contributed by atoms with E-state index in [2.05, 4.69) is 25.5 Å². The van der Waals surface area contributed by atoms with Gasteiger partial charge in [0.05, 0.1) is 13.2 Å². The minimum atomic E-state index is 0.549. The smallest absolute Gasteiger partial charge is 0.227 e. The first-order chi connectivity index (χ1) is 15.9. The highest BCUT2D eigenvalue weighted by atomic mass is 16.5. The van der Waals surface area contributed by atoms with Gasteiger partial charge in [-0.05, 0) is 23.8 Å². The van der Waals surface area contributed by atoms with Crippen molar-refractivity contribution in [3.63, 3.8) is 0 Å². The zero-order valence-corrected chi connectivity index (χ0v) is 17.8. The lowest BCUT2D eigenvalue weighted by atomic mass is 10.3. The molecule has 164 valence electrons. The molecule has 4 heterocycles. The fourth-order valence-electron chi connectivity index (χ4n) is 3.72. The SMILES string of the molecule is c1ccc(-n2cnc3c(NCCN4CCOCC4)nc(NCc4cccnc4)nc32)cc1. The van der Waals surface area contributed by atoms with Crippen LogP contribution in [0.1, 0.15) is 5.56 Å².